The smallest absolute Gasteiger partial charge is 0.328 e. The fraction of sp³-hybridized carbons (Fsp3) is 0.133. The van der Waals surface area contributed by atoms with Crippen molar-refractivity contribution in [1.29, 1.82) is 0 Å². The third kappa shape index (κ3) is 3.79. The Morgan fingerprint density at radius 1 is 1.33 bits per heavy atom. The van der Waals surface area contributed by atoms with E-state index in [0.717, 1.165) is 11.8 Å². The molecule has 0 saturated carbocycles. The SMILES string of the molecule is Cc1cc(NC(=O)c2cccc(C=CC(=O)O)c2)n(C)n1. The van der Waals surface area contributed by atoms with Crippen molar-refractivity contribution in [2.75, 3.05) is 5.32 Å². The molecule has 0 aliphatic heterocycles. The molecule has 0 fully saturated rings. The van der Waals surface area contributed by atoms with Gasteiger partial charge in [-0.1, -0.05) is 12.1 Å². The number of carbonyl (C=O) groups is 2. The number of benzene rings is 1. The Morgan fingerprint density at radius 2 is 2.10 bits per heavy atom. The van der Waals surface area contributed by atoms with Crippen LogP contribution in [0.5, 0.6) is 0 Å². The first-order chi connectivity index (χ1) is 9.95. The van der Waals surface area contributed by atoms with Crippen molar-refractivity contribution in [3.8, 4) is 0 Å². The maximum absolute atomic E-state index is 12.2. The number of rotatable bonds is 4. The monoisotopic (exact) mass is 285 g/mol. The van der Waals surface area contributed by atoms with Crippen LogP contribution in [0.15, 0.2) is 36.4 Å². The number of amides is 1. The number of hydrogen-bond acceptors (Lipinski definition) is 3. The third-order valence-electron chi connectivity index (χ3n) is 2.81. The molecular formula is C15H15N3O3. The first-order valence-electron chi connectivity index (χ1n) is 6.29. The summed E-state index contributed by atoms with van der Waals surface area (Å²) in [7, 11) is 1.74. The number of aryl methyl sites for hydroxylation is 2. The zero-order chi connectivity index (χ0) is 15.4. The van der Waals surface area contributed by atoms with Crippen LogP contribution in [0.3, 0.4) is 0 Å². The quantitative estimate of drug-likeness (QED) is 0.842. The highest BCUT2D eigenvalue weighted by atomic mass is 16.4. The fourth-order valence-corrected chi connectivity index (χ4v) is 1.87. The number of carbonyl (C=O) groups excluding carboxylic acids is 1. The van der Waals surface area contributed by atoms with Gasteiger partial charge in [-0.25, -0.2) is 4.79 Å². The molecule has 21 heavy (non-hydrogen) atoms. The first kappa shape index (κ1) is 14.5. The van der Waals surface area contributed by atoms with E-state index in [1.807, 2.05) is 6.92 Å². The van der Waals surface area contributed by atoms with Crippen molar-refractivity contribution >= 4 is 23.8 Å². The van der Waals surface area contributed by atoms with Crippen LogP contribution in [-0.4, -0.2) is 26.8 Å². The van der Waals surface area contributed by atoms with Gasteiger partial charge in [0.2, 0.25) is 0 Å². The number of nitrogens with zero attached hydrogens (tertiary/aromatic N) is 2. The minimum absolute atomic E-state index is 0.274. The van der Waals surface area contributed by atoms with E-state index in [1.165, 1.54) is 6.08 Å². The molecule has 2 aromatic rings. The average Bonchev–Trinajstić information content (AvgIpc) is 2.75. The second-order valence-electron chi connectivity index (χ2n) is 4.55. The van der Waals surface area contributed by atoms with Crippen molar-refractivity contribution < 1.29 is 14.7 Å². The van der Waals surface area contributed by atoms with Crippen molar-refractivity contribution in [3.63, 3.8) is 0 Å². The van der Waals surface area contributed by atoms with Gasteiger partial charge in [-0.2, -0.15) is 5.10 Å². The van der Waals surface area contributed by atoms with Crippen molar-refractivity contribution in [1.82, 2.24) is 9.78 Å². The van der Waals surface area contributed by atoms with Crippen molar-refractivity contribution in [3.05, 3.63) is 53.2 Å². The van der Waals surface area contributed by atoms with E-state index in [1.54, 1.807) is 42.1 Å². The molecule has 2 N–H and O–H groups in total. The Hall–Kier alpha value is -2.89. The summed E-state index contributed by atoms with van der Waals surface area (Å²) < 4.78 is 1.58. The molecular weight excluding hydrogens is 270 g/mol. The van der Waals surface area contributed by atoms with Crippen molar-refractivity contribution in [2.45, 2.75) is 6.92 Å². The number of hydrogen-bond donors (Lipinski definition) is 2. The van der Waals surface area contributed by atoms with Gasteiger partial charge in [-0.15, -0.1) is 0 Å². The van der Waals surface area contributed by atoms with E-state index in [4.69, 9.17) is 5.11 Å². The molecule has 0 atom stereocenters. The van der Waals surface area contributed by atoms with Gasteiger partial charge in [0.1, 0.15) is 5.82 Å². The summed E-state index contributed by atoms with van der Waals surface area (Å²) in [5.41, 5.74) is 1.90. The van der Waals surface area contributed by atoms with Gasteiger partial charge >= 0.3 is 5.97 Å². The summed E-state index contributed by atoms with van der Waals surface area (Å²) in [6.45, 7) is 1.84. The van der Waals surface area contributed by atoms with Crippen LogP contribution in [0.4, 0.5) is 5.82 Å². The second-order valence-corrected chi connectivity index (χ2v) is 4.55. The molecule has 0 spiro atoms. The zero-order valence-corrected chi connectivity index (χ0v) is 11.7. The minimum Gasteiger partial charge on any atom is -0.478 e. The van der Waals surface area contributed by atoms with Gasteiger partial charge < -0.3 is 10.4 Å². The molecule has 6 nitrogen and oxygen atoms in total. The number of carboxylic acids is 1. The lowest BCUT2D eigenvalue weighted by Crippen LogP contribution is -2.14. The van der Waals surface area contributed by atoms with Crippen LogP contribution < -0.4 is 5.32 Å². The zero-order valence-electron chi connectivity index (χ0n) is 11.7. The summed E-state index contributed by atoms with van der Waals surface area (Å²) >= 11 is 0. The maximum Gasteiger partial charge on any atom is 0.328 e. The fourth-order valence-electron chi connectivity index (χ4n) is 1.87. The van der Waals surface area contributed by atoms with E-state index in [9.17, 15) is 9.59 Å². The molecule has 108 valence electrons. The third-order valence-corrected chi connectivity index (χ3v) is 2.81. The van der Waals surface area contributed by atoms with Crippen LogP contribution in [0.25, 0.3) is 6.08 Å². The van der Waals surface area contributed by atoms with Crippen molar-refractivity contribution in [2.24, 2.45) is 7.05 Å². The summed E-state index contributed by atoms with van der Waals surface area (Å²) in [6.07, 6.45) is 2.47. The van der Waals surface area contributed by atoms with Crippen LogP contribution in [0.1, 0.15) is 21.6 Å². The summed E-state index contributed by atoms with van der Waals surface area (Å²) in [6, 6.07) is 8.48. The molecule has 0 unspecified atom stereocenters. The Balaban J connectivity index is 2.18. The maximum atomic E-state index is 12.2. The van der Waals surface area contributed by atoms with Gasteiger partial charge in [-0.3, -0.25) is 9.48 Å². The summed E-state index contributed by atoms with van der Waals surface area (Å²) in [5.74, 6) is -0.706. The van der Waals surface area contributed by atoms with Crippen LogP contribution in [0, 0.1) is 6.92 Å². The standard InChI is InChI=1S/C15H15N3O3/c1-10-8-13(18(2)17-10)16-15(21)12-5-3-4-11(9-12)6-7-14(19)20/h3-9H,1-2H3,(H,16,21)(H,19,20). The van der Waals surface area contributed by atoms with Crippen LogP contribution >= 0.6 is 0 Å². The predicted molar refractivity (Wildman–Crippen MR) is 79.0 cm³/mol. The lowest BCUT2D eigenvalue weighted by Gasteiger charge is -2.05. The number of aromatic nitrogens is 2. The molecule has 1 aromatic carbocycles. The number of nitrogens with one attached hydrogen (secondary N) is 1. The molecule has 0 aliphatic carbocycles. The topological polar surface area (TPSA) is 84.2 Å². The van der Waals surface area contributed by atoms with Crippen LogP contribution in [0.2, 0.25) is 0 Å². The van der Waals surface area contributed by atoms with E-state index in [0.29, 0.717) is 16.9 Å². The lowest BCUT2D eigenvalue weighted by atomic mass is 10.1. The van der Waals surface area contributed by atoms with E-state index >= 15 is 0 Å². The first-order valence-corrected chi connectivity index (χ1v) is 6.29. The predicted octanol–water partition coefficient (Wildman–Crippen LogP) is 2.08. The summed E-state index contributed by atoms with van der Waals surface area (Å²) in [5, 5.41) is 15.5. The molecule has 1 heterocycles. The highest BCUT2D eigenvalue weighted by Crippen LogP contribution is 2.12. The minimum atomic E-state index is -1.03. The number of carboxylic acid groups (broad SMARTS) is 1. The molecule has 2 rings (SSSR count). The van der Waals surface area contributed by atoms with E-state index < -0.39 is 5.97 Å². The number of aliphatic carboxylic acids is 1. The molecule has 0 saturated heterocycles. The average molecular weight is 285 g/mol. The Kier molecular flexibility index (Phi) is 4.18. The lowest BCUT2D eigenvalue weighted by molar-refractivity contribution is -0.131. The molecule has 1 amide bonds. The summed E-state index contributed by atoms with van der Waals surface area (Å²) in [4.78, 5) is 22.7. The van der Waals surface area contributed by atoms with Gasteiger partial charge in [-0.05, 0) is 30.7 Å². The Bertz CT molecular complexity index is 717. The van der Waals surface area contributed by atoms with Crippen LogP contribution in [-0.2, 0) is 11.8 Å². The van der Waals surface area contributed by atoms with Gasteiger partial charge in [0.25, 0.3) is 5.91 Å². The highest BCUT2D eigenvalue weighted by Gasteiger charge is 2.09. The number of anilines is 1. The largest absolute Gasteiger partial charge is 0.478 e. The van der Waals surface area contributed by atoms with E-state index in [-0.39, 0.29) is 5.91 Å². The van der Waals surface area contributed by atoms with Gasteiger partial charge in [0.15, 0.2) is 0 Å². The molecule has 0 bridgehead atoms. The normalized spacial score (nSPS) is 10.8. The molecule has 0 aliphatic rings. The second kappa shape index (κ2) is 6.04. The van der Waals surface area contributed by atoms with E-state index in [2.05, 4.69) is 10.4 Å². The van der Waals surface area contributed by atoms with Gasteiger partial charge in [0.05, 0.1) is 5.69 Å². The molecule has 0 radical (unpaired) electrons. The molecule has 1 aromatic heterocycles. The Labute approximate surface area is 121 Å². The molecule has 6 heteroatoms. The Morgan fingerprint density at radius 3 is 2.71 bits per heavy atom. The van der Waals surface area contributed by atoms with Gasteiger partial charge in [0, 0.05) is 24.8 Å². The highest BCUT2D eigenvalue weighted by molar-refractivity contribution is 6.04.